The Balaban J connectivity index is 1.60. The number of amides is 2. The molecule has 6 heteroatoms. The van der Waals surface area contributed by atoms with Gasteiger partial charge in [0, 0.05) is 32.6 Å². The van der Waals surface area contributed by atoms with Crippen LogP contribution in [0.15, 0.2) is 24.3 Å². The van der Waals surface area contributed by atoms with E-state index < -0.39 is 5.41 Å². The standard InChI is InChI=1S/C19H27N3O3/c1-4-19(2)13-17(23)22(18(19)24)14-20-9-11-21(12-10-20)15-7-5-6-8-16(15)25-3/h5-8H,4,9-14H2,1-3H3. The summed E-state index contributed by atoms with van der Waals surface area (Å²) in [6, 6.07) is 8.01. The van der Waals surface area contributed by atoms with Gasteiger partial charge >= 0.3 is 0 Å². The molecule has 2 aliphatic heterocycles. The Morgan fingerprint density at radius 2 is 1.80 bits per heavy atom. The number of ether oxygens (including phenoxy) is 1. The predicted octanol–water partition coefficient (Wildman–Crippen LogP) is 1.95. The molecule has 0 radical (unpaired) electrons. The largest absolute Gasteiger partial charge is 0.495 e. The van der Waals surface area contributed by atoms with Gasteiger partial charge in [-0.3, -0.25) is 19.4 Å². The lowest BCUT2D eigenvalue weighted by atomic mass is 9.86. The second-order valence-electron chi connectivity index (χ2n) is 7.14. The number of para-hydroxylation sites is 2. The number of anilines is 1. The number of piperazine rings is 1. The molecular formula is C19H27N3O3. The summed E-state index contributed by atoms with van der Waals surface area (Å²) in [5.74, 6) is 0.813. The maximum Gasteiger partial charge on any atom is 0.236 e. The van der Waals surface area contributed by atoms with Crippen LogP contribution in [-0.2, 0) is 9.59 Å². The van der Waals surface area contributed by atoms with Gasteiger partial charge in [-0.1, -0.05) is 26.0 Å². The third kappa shape index (κ3) is 3.35. The summed E-state index contributed by atoms with van der Waals surface area (Å²) in [6.07, 6.45) is 1.04. The normalized spacial score (nSPS) is 24.9. The van der Waals surface area contributed by atoms with Crippen molar-refractivity contribution in [3.8, 4) is 5.75 Å². The molecule has 25 heavy (non-hydrogen) atoms. The molecule has 1 atom stereocenters. The Kier molecular flexibility index (Phi) is 4.99. The molecule has 0 aliphatic carbocycles. The molecule has 136 valence electrons. The zero-order chi connectivity index (χ0) is 18.0. The zero-order valence-electron chi connectivity index (χ0n) is 15.3. The minimum Gasteiger partial charge on any atom is -0.495 e. The highest BCUT2D eigenvalue weighted by Crippen LogP contribution is 2.35. The number of carbonyl (C=O) groups is 2. The van der Waals surface area contributed by atoms with E-state index >= 15 is 0 Å². The highest BCUT2D eigenvalue weighted by Gasteiger charge is 2.47. The predicted molar refractivity (Wildman–Crippen MR) is 96.5 cm³/mol. The summed E-state index contributed by atoms with van der Waals surface area (Å²) in [7, 11) is 1.68. The van der Waals surface area contributed by atoms with Crippen molar-refractivity contribution in [1.29, 1.82) is 0 Å². The van der Waals surface area contributed by atoms with E-state index in [1.165, 1.54) is 4.90 Å². The van der Waals surface area contributed by atoms with E-state index in [0.717, 1.165) is 37.6 Å². The Labute approximate surface area is 149 Å². The number of methoxy groups -OCH3 is 1. The van der Waals surface area contributed by atoms with E-state index in [1.807, 2.05) is 32.0 Å². The van der Waals surface area contributed by atoms with E-state index in [-0.39, 0.29) is 11.8 Å². The van der Waals surface area contributed by atoms with E-state index in [2.05, 4.69) is 15.9 Å². The molecule has 0 spiro atoms. The Morgan fingerprint density at radius 3 is 2.40 bits per heavy atom. The monoisotopic (exact) mass is 345 g/mol. The third-order valence-corrected chi connectivity index (χ3v) is 5.52. The van der Waals surface area contributed by atoms with Gasteiger partial charge in [-0.2, -0.15) is 0 Å². The summed E-state index contributed by atoms with van der Waals surface area (Å²) in [5.41, 5.74) is 0.576. The van der Waals surface area contributed by atoms with Crippen molar-refractivity contribution in [3.63, 3.8) is 0 Å². The van der Waals surface area contributed by atoms with Crippen molar-refractivity contribution < 1.29 is 14.3 Å². The van der Waals surface area contributed by atoms with Crippen molar-refractivity contribution in [2.75, 3.05) is 44.9 Å². The van der Waals surface area contributed by atoms with E-state index in [0.29, 0.717) is 19.5 Å². The fourth-order valence-corrected chi connectivity index (χ4v) is 3.58. The van der Waals surface area contributed by atoms with E-state index in [9.17, 15) is 9.59 Å². The molecule has 6 nitrogen and oxygen atoms in total. The molecule has 2 fully saturated rings. The summed E-state index contributed by atoms with van der Waals surface area (Å²) in [4.78, 5) is 30.7. The number of imide groups is 1. The van der Waals surface area contributed by atoms with Gasteiger partial charge in [0.05, 0.1) is 24.9 Å². The number of hydrogen-bond donors (Lipinski definition) is 0. The fraction of sp³-hybridized carbons (Fsp3) is 0.579. The first-order valence-corrected chi connectivity index (χ1v) is 8.93. The molecule has 3 rings (SSSR count). The molecule has 0 N–H and O–H groups in total. The number of rotatable bonds is 5. The molecule has 0 aromatic heterocycles. The van der Waals surface area contributed by atoms with Crippen molar-refractivity contribution in [3.05, 3.63) is 24.3 Å². The lowest BCUT2D eigenvalue weighted by Gasteiger charge is -2.38. The lowest BCUT2D eigenvalue weighted by molar-refractivity contribution is -0.143. The molecule has 2 aliphatic rings. The number of hydrogen-bond acceptors (Lipinski definition) is 5. The minimum atomic E-state index is -0.518. The molecule has 0 saturated carbocycles. The molecule has 2 heterocycles. The average molecular weight is 345 g/mol. The molecule has 1 aromatic rings. The van der Waals surface area contributed by atoms with Crippen molar-refractivity contribution in [2.24, 2.45) is 5.41 Å². The van der Waals surface area contributed by atoms with Gasteiger partial charge in [0.25, 0.3) is 0 Å². The lowest BCUT2D eigenvalue weighted by Crippen LogP contribution is -2.51. The van der Waals surface area contributed by atoms with E-state index in [4.69, 9.17) is 4.74 Å². The van der Waals surface area contributed by atoms with Crippen LogP contribution in [-0.4, -0.2) is 61.6 Å². The van der Waals surface area contributed by atoms with Crippen LogP contribution < -0.4 is 9.64 Å². The summed E-state index contributed by atoms with van der Waals surface area (Å²) < 4.78 is 5.44. The highest BCUT2D eigenvalue weighted by atomic mass is 16.5. The molecule has 2 amide bonds. The smallest absolute Gasteiger partial charge is 0.236 e. The van der Waals surface area contributed by atoms with Crippen LogP contribution in [0.25, 0.3) is 0 Å². The van der Waals surface area contributed by atoms with E-state index in [1.54, 1.807) is 7.11 Å². The van der Waals surface area contributed by atoms with Crippen LogP contribution in [0.3, 0.4) is 0 Å². The molecule has 1 unspecified atom stereocenters. The first-order valence-electron chi connectivity index (χ1n) is 8.93. The minimum absolute atomic E-state index is 0.0211. The maximum absolute atomic E-state index is 12.6. The average Bonchev–Trinajstić information content (AvgIpc) is 2.86. The number of carbonyl (C=O) groups excluding carboxylic acids is 2. The topological polar surface area (TPSA) is 53.1 Å². The summed E-state index contributed by atoms with van der Waals surface area (Å²) in [6.45, 7) is 7.61. The van der Waals surface area contributed by atoms with Crippen LogP contribution >= 0.6 is 0 Å². The van der Waals surface area contributed by atoms with Crippen molar-refractivity contribution in [2.45, 2.75) is 26.7 Å². The van der Waals surface area contributed by atoms with Crippen LogP contribution in [0, 0.1) is 5.41 Å². The second kappa shape index (κ2) is 7.04. The molecular weight excluding hydrogens is 318 g/mol. The van der Waals surface area contributed by atoms with Gasteiger partial charge in [-0.05, 0) is 18.6 Å². The molecule has 1 aromatic carbocycles. The Bertz CT molecular complexity index is 655. The van der Waals surface area contributed by atoms with Gasteiger partial charge in [-0.15, -0.1) is 0 Å². The fourth-order valence-electron chi connectivity index (χ4n) is 3.58. The Morgan fingerprint density at radius 1 is 1.12 bits per heavy atom. The van der Waals surface area contributed by atoms with Crippen LogP contribution in [0.4, 0.5) is 5.69 Å². The van der Waals surface area contributed by atoms with Gasteiger partial charge < -0.3 is 9.64 Å². The quantitative estimate of drug-likeness (QED) is 0.764. The third-order valence-electron chi connectivity index (χ3n) is 5.52. The maximum atomic E-state index is 12.6. The zero-order valence-corrected chi connectivity index (χ0v) is 15.3. The summed E-state index contributed by atoms with van der Waals surface area (Å²) >= 11 is 0. The van der Waals surface area contributed by atoms with Crippen molar-refractivity contribution in [1.82, 2.24) is 9.80 Å². The second-order valence-corrected chi connectivity index (χ2v) is 7.14. The van der Waals surface area contributed by atoms with Crippen LogP contribution in [0.5, 0.6) is 5.75 Å². The molecule has 0 bridgehead atoms. The summed E-state index contributed by atoms with van der Waals surface area (Å²) in [5, 5.41) is 0. The Hall–Kier alpha value is -2.08. The first kappa shape index (κ1) is 17.7. The number of benzene rings is 1. The van der Waals surface area contributed by atoms with Gasteiger partial charge in [-0.25, -0.2) is 0 Å². The first-order chi connectivity index (χ1) is 12.0. The van der Waals surface area contributed by atoms with Gasteiger partial charge in [0.15, 0.2) is 0 Å². The van der Waals surface area contributed by atoms with Crippen LogP contribution in [0.1, 0.15) is 26.7 Å². The number of likely N-dealkylation sites (tertiary alicyclic amines) is 1. The highest BCUT2D eigenvalue weighted by molar-refractivity contribution is 6.05. The number of nitrogens with zero attached hydrogens (tertiary/aromatic N) is 3. The van der Waals surface area contributed by atoms with Gasteiger partial charge in [0.2, 0.25) is 11.8 Å². The van der Waals surface area contributed by atoms with Crippen LogP contribution in [0.2, 0.25) is 0 Å². The SMILES string of the molecule is CCC1(C)CC(=O)N(CN2CCN(c3ccccc3OC)CC2)C1=O. The molecule has 2 saturated heterocycles. The van der Waals surface area contributed by atoms with Gasteiger partial charge in [0.1, 0.15) is 5.75 Å². The van der Waals surface area contributed by atoms with Crippen molar-refractivity contribution >= 4 is 17.5 Å².